The van der Waals surface area contributed by atoms with Crippen LogP contribution < -0.4 is 28.5 Å². The average Bonchev–Trinajstić information content (AvgIpc) is 2.43. The van der Waals surface area contributed by atoms with Gasteiger partial charge < -0.3 is 24.0 Å². The van der Waals surface area contributed by atoms with Crippen LogP contribution in [0.25, 0.3) is 10.9 Å². The molecule has 1 nitrogen and oxygen atoms in total. The Morgan fingerprint density at radius 1 is 0.842 bits per heavy atom. The van der Waals surface area contributed by atoms with Crippen molar-refractivity contribution in [3.63, 3.8) is 0 Å². The van der Waals surface area contributed by atoms with E-state index in [1.807, 2.05) is 0 Å². The molecule has 0 fully saturated rings. The van der Waals surface area contributed by atoms with Crippen LogP contribution in [0.3, 0.4) is 0 Å². The summed E-state index contributed by atoms with van der Waals surface area (Å²) in [5, 5.41) is 1.34. The molecule has 0 unspecified atom stereocenters. The molecule has 0 radical (unpaired) electrons. The number of pyridine rings is 1. The third-order valence-corrected chi connectivity index (χ3v) is 3.54. The number of rotatable bonds is 7. The van der Waals surface area contributed by atoms with Gasteiger partial charge in [0, 0.05) is 23.9 Å². The summed E-state index contributed by atoms with van der Waals surface area (Å²) in [4.78, 5) is 0. The van der Waals surface area contributed by atoms with Crippen molar-refractivity contribution in [3.8, 4) is 0 Å². The highest BCUT2D eigenvalue weighted by atomic mass is 127. The van der Waals surface area contributed by atoms with Crippen molar-refractivity contribution in [1.29, 1.82) is 0 Å². The summed E-state index contributed by atoms with van der Waals surface area (Å²) in [5.41, 5.74) is 1.36. The lowest BCUT2D eigenvalue weighted by molar-refractivity contribution is -0.671. The molecule has 19 heavy (non-hydrogen) atoms. The lowest BCUT2D eigenvalue weighted by Gasteiger charge is -2.01. The van der Waals surface area contributed by atoms with E-state index in [0.717, 1.165) is 6.54 Å². The standard InChI is InChI=1S/C17H24N.HI/c1-2-3-4-5-6-9-14-18-15-10-12-16-11-7-8-13-17(16)18;/h7-8,10-13,15H,2-6,9,14H2,1H3;1H/q+1;/p-1. The molecule has 0 bridgehead atoms. The number of hydrogen-bond donors (Lipinski definition) is 0. The number of nitrogens with zero attached hydrogens (tertiary/aromatic N) is 1. The van der Waals surface area contributed by atoms with Crippen molar-refractivity contribution in [2.75, 3.05) is 0 Å². The number of benzene rings is 1. The second-order valence-corrected chi connectivity index (χ2v) is 5.03. The second kappa shape index (κ2) is 9.29. The first kappa shape index (κ1) is 16.4. The van der Waals surface area contributed by atoms with Gasteiger partial charge in [-0.25, -0.2) is 0 Å². The molecule has 0 saturated heterocycles. The SMILES string of the molecule is CCCCCCCC[n+]1cccc2ccccc21.[I-]. The Balaban J connectivity index is 0.00000180. The summed E-state index contributed by atoms with van der Waals surface area (Å²) in [6.07, 6.45) is 10.4. The highest BCUT2D eigenvalue weighted by Crippen LogP contribution is 2.09. The number of aromatic nitrogens is 1. The first-order valence-electron chi connectivity index (χ1n) is 7.29. The Labute approximate surface area is 134 Å². The van der Waals surface area contributed by atoms with Gasteiger partial charge in [-0.3, -0.25) is 0 Å². The quantitative estimate of drug-likeness (QED) is 0.396. The molecule has 1 heterocycles. The monoisotopic (exact) mass is 369 g/mol. The first-order chi connectivity index (χ1) is 8.92. The molecule has 2 heteroatoms. The van der Waals surface area contributed by atoms with E-state index in [4.69, 9.17) is 0 Å². The Kier molecular flexibility index (Phi) is 8.03. The van der Waals surface area contributed by atoms with Gasteiger partial charge in [0.1, 0.15) is 6.54 Å². The highest BCUT2D eigenvalue weighted by Gasteiger charge is 2.06. The molecule has 0 atom stereocenters. The van der Waals surface area contributed by atoms with Crippen LogP contribution in [-0.2, 0) is 6.54 Å². The molecular weight excluding hydrogens is 345 g/mol. The fourth-order valence-electron chi connectivity index (χ4n) is 2.48. The van der Waals surface area contributed by atoms with Gasteiger partial charge in [-0.2, -0.15) is 4.57 Å². The van der Waals surface area contributed by atoms with Crippen LogP contribution in [0.4, 0.5) is 0 Å². The van der Waals surface area contributed by atoms with E-state index in [1.165, 1.54) is 49.4 Å². The van der Waals surface area contributed by atoms with Crippen LogP contribution in [-0.4, -0.2) is 0 Å². The van der Waals surface area contributed by atoms with Crippen molar-refractivity contribution in [3.05, 3.63) is 42.6 Å². The second-order valence-electron chi connectivity index (χ2n) is 5.03. The van der Waals surface area contributed by atoms with Gasteiger partial charge in [0.25, 0.3) is 0 Å². The Morgan fingerprint density at radius 3 is 2.37 bits per heavy atom. The molecule has 0 aliphatic rings. The lowest BCUT2D eigenvalue weighted by atomic mass is 10.1. The van der Waals surface area contributed by atoms with Crippen LogP contribution in [0.15, 0.2) is 42.6 Å². The molecule has 0 aliphatic heterocycles. The number of unbranched alkanes of at least 4 members (excludes halogenated alkanes) is 5. The summed E-state index contributed by atoms with van der Waals surface area (Å²) in [5.74, 6) is 0. The topological polar surface area (TPSA) is 3.88 Å². The largest absolute Gasteiger partial charge is 1.00 e. The molecule has 0 spiro atoms. The molecule has 2 rings (SSSR count). The van der Waals surface area contributed by atoms with Gasteiger partial charge in [0.15, 0.2) is 6.20 Å². The van der Waals surface area contributed by atoms with Crippen LogP contribution in [0.2, 0.25) is 0 Å². The smallest absolute Gasteiger partial charge is 0.212 e. The molecule has 0 aliphatic carbocycles. The van der Waals surface area contributed by atoms with Crippen LogP contribution in [0.5, 0.6) is 0 Å². The minimum Gasteiger partial charge on any atom is -1.00 e. The van der Waals surface area contributed by atoms with Gasteiger partial charge in [-0.15, -0.1) is 0 Å². The summed E-state index contributed by atoms with van der Waals surface area (Å²) < 4.78 is 2.38. The van der Waals surface area contributed by atoms with E-state index in [9.17, 15) is 0 Å². The molecule has 0 N–H and O–H groups in total. The third kappa shape index (κ3) is 5.09. The number of hydrogen-bond acceptors (Lipinski definition) is 0. The zero-order chi connectivity index (χ0) is 12.6. The number of halogens is 1. The van der Waals surface area contributed by atoms with Crippen LogP contribution in [0, 0.1) is 0 Å². The molecule has 104 valence electrons. The van der Waals surface area contributed by atoms with Gasteiger partial charge in [0.05, 0.1) is 0 Å². The zero-order valence-electron chi connectivity index (χ0n) is 11.8. The first-order valence-corrected chi connectivity index (χ1v) is 7.29. The van der Waals surface area contributed by atoms with Crippen molar-refractivity contribution >= 4 is 10.9 Å². The van der Waals surface area contributed by atoms with E-state index < -0.39 is 0 Å². The fraction of sp³-hybridized carbons (Fsp3) is 0.471. The molecule has 2 aromatic rings. The van der Waals surface area contributed by atoms with E-state index in [2.05, 4.69) is 54.1 Å². The highest BCUT2D eigenvalue weighted by molar-refractivity contribution is 5.74. The number of fused-ring (bicyclic) bond motifs is 1. The molecule has 0 saturated carbocycles. The van der Waals surface area contributed by atoms with E-state index >= 15 is 0 Å². The Hall–Kier alpha value is -0.640. The van der Waals surface area contributed by atoms with E-state index in [1.54, 1.807) is 0 Å². The third-order valence-electron chi connectivity index (χ3n) is 3.54. The fourth-order valence-corrected chi connectivity index (χ4v) is 2.48. The van der Waals surface area contributed by atoms with E-state index in [-0.39, 0.29) is 24.0 Å². The summed E-state index contributed by atoms with van der Waals surface area (Å²) in [7, 11) is 0. The minimum absolute atomic E-state index is 0. The normalized spacial score (nSPS) is 10.4. The number of para-hydroxylation sites is 1. The summed E-state index contributed by atoms with van der Waals surface area (Å²) >= 11 is 0. The molecule has 1 aromatic heterocycles. The Bertz CT molecular complexity index is 476. The predicted octanol–water partition coefficient (Wildman–Crippen LogP) is 1.49. The maximum absolute atomic E-state index is 2.38. The maximum Gasteiger partial charge on any atom is 0.212 e. The molecule has 1 aromatic carbocycles. The van der Waals surface area contributed by atoms with Crippen molar-refractivity contribution in [2.24, 2.45) is 0 Å². The van der Waals surface area contributed by atoms with E-state index in [0.29, 0.717) is 0 Å². The van der Waals surface area contributed by atoms with Crippen molar-refractivity contribution in [2.45, 2.75) is 52.0 Å². The van der Waals surface area contributed by atoms with Gasteiger partial charge in [-0.1, -0.05) is 44.7 Å². The maximum atomic E-state index is 2.38. The van der Waals surface area contributed by atoms with Crippen LogP contribution in [0.1, 0.15) is 45.4 Å². The minimum atomic E-state index is 0. The van der Waals surface area contributed by atoms with Crippen molar-refractivity contribution < 1.29 is 28.5 Å². The molecule has 0 amide bonds. The lowest BCUT2D eigenvalue weighted by Crippen LogP contribution is -3.00. The average molecular weight is 369 g/mol. The summed E-state index contributed by atoms with van der Waals surface area (Å²) in [6, 6.07) is 13.0. The molecular formula is C17H24IN. The van der Waals surface area contributed by atoms with Gasteiger partial charge >= 0.3 is 0 Å². The Morgan fingerprint density at radius 2 is 1.53 bits per heavy atom. The van der Waals surface area contributed by atoms with Gasteiger partial charge in [-0.05, 0) is 18.6 Å². The van der Waals surface area contributed by atoms with Crippen molar-refractivity contribution in [1.82, 2.24) is 0 Å². The van der Waals surface area contributed by atoms with Crippen LogP contribution >= 0.6 is 0 Å². The van der Waals surface area contributed by atoms with Gasteiger partial charge in [0.2, 0.25) is 5.52 Å². The summed E-state index contributed by atoms with van der Waals surface area (Å²) in [6.45, 7) is 3.42. The zero-order valence-corrected chi connectivity index (χ0v) is 14.0. The predicted molar refractivity (Wildman–Crippen MR) is 77.5 cm³/mol. The number of aryl methyl sites for hydroxylation is 1.